The first-order valence-corrected chi connectivity index (χ1v) is 7.70. The number of epoxide rings is 1. The Labute approximate surface area is 122 Å². The molecule has 5 aliphatic rings. The Morgan fingerprint density at radius 1 is 1.19 bits per heavy atom. The fourth-order valence-electron chi connectivity index (χ4n) is 5.70. The number of carbonyl (C=O) groups excluding carboxylic acids is 2. The predicted octanol–water partition coefficient (Wildman–Crippen LogP) is 1.36. The SMILES string of the molecule is CC12CCCC3(C)C4=CC(=O)OCC45OC5C(OC1=O)C23. The Balaban J connectivity index is 1.74. The van der Waals surface area contributed by atoms with E-state index in [1.54, 1.807) is 6.08 Å². The van der Waals surface area contributed by atoms with Crippen LogP contribution in [0.5, 0.6) is 0 Å². The van der Waals surface area contributed by atoms with Crippen molar-refractivity contribution in [3.8, 4) is 0 Å². The highest BCUT2D eigenvalue weighted by Crippen LogP contribution is 2.71. The molecule has 0 aromatic heterocycles. The highest BCUT2D eigenvalue weighted by atomic mass is 16.7. The van der Waals surface area contributed by atoms with Crippen molar-refractivity contribution < 1.29 is 23.8 Å². The number of hydrogen-bond acceptors (Lipinski definition) is 5. The number of fused-ring (bicyclic) bond motifs is 2. The van der Waals surface area contributed by atoms with E-state index in [1.807, 2.05) is 6.92 Å². The van der Waals surface area contributed by atoms with Crippen molar-refractivity contribution in [3.63, 3.8) is 0 Å². The molecule has 0 amide bonds. The molecule has 2 saturated heterocycles. The molecule has 3 heterocycles. The molecular formula is C16H18O5. The van der Waals surface area contributed by atoms with Crippen LogP contribution in [0.1, 0.15) is 33.1 Å². The number of ether oxygens (including phenoxy) is 3. The molecule has 4 fully saturated rings. The Bertz CT molecular complexity index is 624. The van der Waals surface area contributed by atoms with Crippen LogP contribution in [-0.4, -0.2) is 36.4 Å². The fourth-order valence-corrected chi connectivity index (χ4v) is 5.70. The second-order valence-electron chi connectivity index (χ2n) is 7.63. The first-order chi connectivity index (χ1) is 9.92. The quantitative estimate of drug-likeness (QED) is 0.498. The molecule has 5 rings (SSSR count). The molecule has 5 nitrogen and oxygen atoms in total. The number of carbonyl (C=O) groups is 2. The number of cyclic esters (lactones) is 1. The average molecular weight is 290 g/mol. The summed E-state index contributed by atoms with van der Waals surface area (Å²) < 4.78 is 16.9. The van der Waals surface area contributed by atoms with Crippen LogP contribution in [0.4, 0.5) is 0 Å². The van der Waals surface area contributed by atoms with Crippen LogP contribution in [-0.2, 0) is 23.8 Å². The van der Waals surface area contributed by atoms with Gasteiger partial charge in [-0.15, -0.1) is 0 Å². The molecule has 0 N–H and O–H groups in total. The van der Waals surface area contributed by atoms with E-state index >= 15 is 0 Å². The monoisotopic (exact) mass is 290 g/mol. The molecule has 0 bridgehead atoms. The van der Waals surface area contributed by atoms with Crippen LogP contribution >= 0.6 is 0 Å². The minimum Gasteiger partial charge on any atom is -0.459 e. The van der Waals surface area contributed by atoms with Gasteiger partial charge >= 0.3 is 11.9 Å². The molecular weight excluding hydrogens is 272 g/mol. The zero-order valence-electron chi connectivity index (χ0n) is 12.2. The lowest BCUT2D eigenvalue weighted by Gasteiger charge is -2.52. The summed E-state index contributed by atoms with van der Waals surface area (Å²) in [4.78, 5) is 24.2. The average Bonchev–Trinajstić information content (AvgIpc) is 3.08. The summed E-state index contributed by atoms with van der Waals surface area (Å²) in [5.74, 6) is -0.285. The fraction of sp³-hybridized carbons (Fsp3) is 0.750. The molecule has 21 heavy (non-hydrogen) atoms. The maximum absolute atomic E-state index is 12.5. The van der Waals surface area contributed by atoms with Crippen LogP contribution in [0.25, 0.3) is 0 Å². The molecule has 3 aliphatic heterocycles. The van der Waals surface area contributed by atoms with E-state index in [0.717, 1.165) is 24.8 Å². The third kappa shape index (κ3) is 1.13. The molecule has 6 atom stereocenters. The van der Waals surface area contributed by atoms with Crippen LogP contribution in [0.3, 0.4) is 0 Å². The first-order valence-electron chi connectivity index (χ1n) is 7.70. The van der Waals surface area contributed by atoms with E-state index < -0.39 is 11.0 Å². The van der Waals surface area contributed by atoms with Gasteiger partial charge in [-0.2, -0.15) is 0 Å². The summed E-state index contributed by atoms with van der Waals surface area (Å²) in [6, 6.07) is 0. The first kappa shape index (κ1) is 12.2. The molecule has 0 aromatic rings. The van der Waals surface area contributed by atoms with Crippen molar-refractivity contribution in [2.24, 2.45) is 16.7 Å². The standard InChI is InChI=1S/C16H18O5/c1-14-4-3-5-15(2)11(14)10(20-13(15)18)12-16(21-12)7-19-9(17)6-8(14)16/h6,10-12H,3-5,7H2,1-2H3. The summed E-state index contributed by atoms with van der Waals surface area (Å²) in [7, 11) is 0. The summed E-state index contributed by atoms with van der Waals surface area (Å²) >= 11 is 0. The zero-order chi connectivity index (χ0) is 14.6. The smallest absolute Gasteiger partial charge is 0.330 e. The predicted molar refractivity (Wildman–Crippen MR) is 70.1 cm³/mol. The molecule has 112 valence electrons. The van der Waals surface area contributed by atoms with Crippen molar-refractivity contribution >= 4 is 11.9 Å². The minimum absolute atomic E-state index is 0.0967. The number of esters is 2. The second-order valence-corrected chi connectivity index (χ2v) is 7.63. The van der Waals surface area contributed by atoms with Gasteiger partial charge in [-0.25, -0.2) is 4.79 Å². The third-order valence-electron chi connectivity index (χ3n) is 6.60. The Morgan fingerprint density at radius 2 is 1.95 bits per heavy atom. The summed E-state index contributed by atoms with van der Waals surface area (Å²) in [5, 5.41) is 0. The van der Waals surface area contributed by atoms with Gasteiger partial charge in [0.1, 0.15) is 18.8 Å². The van der Waals surface area contributed by atoms with Crippen molar-refractivity contribution in [2.45, 2.75) is 50.9 Å². The van der Waals surface area contributed by atoms with Gasteiger partial charge in [0, 0.05) is 12.0 Å². The third-order valence-corrected chi connectivity index (χ3v) is 6.60. The van der Waals surface area contributed by atoms with E-state index in [4.69, 9.17) is 14.2 Å². The maximum atomic E-state index is 12.5. The number of hydrogen-bond donors (Lipinski definition) is 0. The van der Waals surface area contributed by atoms with Crippen LogP contribution < -0.4 is 0 Å². The summed E-state index contributed by atoms with van der Waals surface area (Å²) in [6.45, 7) is 4.46. The van der Waals surface area contributed by atoms with E-state index in [0.29, 0.717) is 0 Å². The summed E-state index contributed by atoms with van der Waals surface area (Å²) in [5.41, 5.74) is -0.136. The highest BCUT2D eigenvalue weighted by Gasteiger charge is 2.80. The van der Waals surface area contributed by atoms with Gasteiger partial charge in [-0.05, 0) is 30.8 Å². The molecule has 2 saturated carbocycles. The van der Waals surface area contributed by atoms with Gasteiger partial charge in [0.15, 0.2) is 5.60 Å². The van der Waals surface area contributed by atoms with Crippen molar-refractivity contribution in [1.29, 1.82) is 0 Å². The highest BCUT2D eigenvalue weighted by molar-refractivity contribution is 5.86. The Hall–Kier alpha value is -1.36. The zero-order valence-corrected chi connectivity index (χ0v) is 12.2. The van der Waals surface area contributed by atoms with E-state index in [-0.39, 0.29) is 42.1 Å². The van der Waals surface area contributed by atoms with Crippen LogP contribution in [0.15, 0.2) is 11.6 Å². The maximum Gasteiger partial charge on any atom is 0.330 e. The Morgan fingerprint density at radius 3 is 2.76 bits per heavy atom. The molecule has 1 spiro atoms. The number of rotatable bonds is 0. The van der Waals surface area contributed by atoms with E-state index in [2.05, 4.69) is 6.92 Å². The molecule has 2 aliphatic carbocycles. The molecule has 6 unspecified atom stereocenters. The van der Waals surface area contributed by atoms with E-state index in [9.17, 15) is 9.59 Å². The second kappa shape index (κ2) is 3.19. The van der Waals surface area contributed by atoms with Gasteiger partial charge in [-0.1, -0.05) is 13.3 Å². The van der Waals surface area contributed by atoms with Crippen molar-refractivity contribution in [3.05, 3.63) is 11.6 Å². The molecule has 0 aromatic carbocycles. The van der Waals surface area contributed by atoms with E-state index in [1.165, 1.54) is 0 Å². The largest absolute Gasteiger partial charge is 0.459 e. The Kier molecular flexibility index (Phi) is 1.85. The van der Waals surface area contributed by atoms with Gasteiger partial charge in [-0.3, -0.25) is 4.79 Å². The van der Waals surface area contributed by atoms with Gasteiger partial charge in [0.2, 0.25) is 0 Å². The van der Waals surface area contributed by atoms with Crippen molar-refractivity contribution in [2.75, 3.05) is 6.61 Å². The molecule has 0 radical (unpaired) electrons. The lowest BCUT2D eigenvalue weighted by Crippen LogP contribution is -2.57. The van der Waals surface area contributed by atoms with Gasteiger partial charge < -0.3 is 14.2 Å². The topological polar surface area (TPSA) is 65.1 Å². The lowest BCUT2D eigenvalue weighted by atomic mass is 9.48. The molecule has 5 heteroatoms. The van der Waals surface area contributed by atoms with Crippen LogP contribution in [0, 0.1) is 16.7 Å². The lowest BCUT2D eigenvalue weighted by molar-refractivity contribution is -0.149. The van der Waals surface area contributed by atoms with Gasteiger partial charge in [0.05, 0.1) is 5.41 Å². The summed E-state index contributed by atoms with van der Waals surface area (Å²) in [6.07, 6.45) is 4.09. The van der Waals surface area contributed by atoms with Crippen LogP contribution in [0.2, 0.25) is 0 Å². The van der Waals surface area contributed by atoms with Gasteiger partial charge in [0.25, 0.3) is 0 Å². The van der Waals surface area contributed by atoms with Crippen molar-refractivity contribution in [1.82, 2.24) is 0 Å². The minimum atomic E-state index is -0.521. The normalized spacial score (nSPS) is 56.5.